The molecule has 0 spiro atoms. The standard InChI is InChI=1S/C11H23N3O2S/c1-2-12-5-8-17(15,16)13-11-9-14-6-3-10(11)4-7-14/h10-13H,2-9H2,1H3. The third kappa shape index (κ3) is 3.64. The molecule has 3 aliphatic rings. The van der Waals surface area contributed by atoms with E-state index in [0.29, 0.717) is 12.5 Å². The second-order valence-corrected chi connectivity index (χ2v) is 6.91. The van der Waals surface area contributed by atoms with E-state index in [1.54, 1.807) is 0 Å². The Morgan fingerprint density at radius 3 is 2.53 bits per heavy atom. The SMILES string of the molecule is CCNCCS(=O)(=O)NC1CN2CCC1CC2. The fourth-order valence-electron chi connectivity index (χ4n) is 2.77. The Bertz CT molecular complexity index is 337. The fraction of sp³-hybridized carbons (Fsp3) is 1.00. The summed E-state index contributed by atoms with van der Waals surface area (Å²) >= 11 is 0. The molecule has 0 aromatic rings. The summed E-state index contributed by atoms with van der Waals surface area (Å²) in [5.74, 6) is 0.734. The van der Waals surface area contributed by atoms with Gasteiger partial charge in [-0.05, 0) is 38.4 Å². The molecule has 3 heterocycles. The predicted octanol–water partition coefficient (Wildman–Crippen LogP) is -0.390. The first kappa shape index (κ1) is 13.3. The molecule has 5 nitrogen and oxygen atoms in total. The van der Waals surface area contributed by atoms with E-state index in [1.807, 2.05) is 6.92 Å². The molecule has 100 valence electrons. The van der Waals surface area contributed by atoms with Gasteiger partial charge in [0.2, 0.25) is 10.0 Å². The molecule has 3 saturated heterocycles. The average Bonchev–Trinajstić information content (AvgIpc) is 2.30. The van der Waals surface area contributed by atoms with Gasteiger partial charge < -0.3 is 10.2 Å². The number of nitrogens with zero attached hydrogens (tertiary/aromatic N) is 1. The second-order valence-electron chi connectivity index (χ2n) is 5.03. The lowest BCUT2D eigenvalue weighted by Gasteiger charge is -2.44. The van der Waals surface area contributed by atoms with Crippen molar-refractivity contribution in [3.05, 3.63) is 0 Å². The van der Waals surface area contributed by atoms with Gasteiger partial charge in [-0.25, -0.2) is 13.1 Å². The minimum atomic E-state index is -3.12. The highest BCUT2D eigenvalue weighted by molar-refractivity contribution is 7.89. The molecule has 2 N–H and O–H groups in total. The maximum Gasteiger partial charge on any atom is 0.213 e. The van der Waals surface area contributed by atoms with E-state index >= 15 is 0 Å². The van der Waals surface area contributed by atoms with Gasteiger partial charge in [0.15, 0.2) is 0 Å². The molecular formula is C11H23N3O2S. The van der Waals surface area contributed by atoms with Crippen LogP contribution in [0.5, 0.6) is 0 Å². The maximum atomic E-state index is 11.9. The lowest BCUT2D eigenvalue weighted by atomic mass is 9.85. The molecule has 0 aromatic heterocycles. The van der Waals surface area contributed by atoms with Gasteiger partial charge in [-0.1, -0.05) is 6.92 Å². The van der Waals surface area contributed by atoms with Crippen molar-refractivity contribution in [3.63, 3.8) is 0 Å². The van der Waals surface area contributed by atoms with Gasteiger partial charge in [0.1, 0.15) is 0 Å². The normalized spacial score (nSPS) is 32.9. The summed E-state index contributed by atoms with van der Waals surface area (Å²) in [5, 5.41) is 3.05. The second kappa shape index (κ2) is 5.65. The zero-order valence-electron chi connectivity index (χ0n) is 10.5. The van der Waals surface area contributed by atoms with Crippen molar-refractivity contribution in [2.45, 2.75) is 25.8 Å². The third-order valence-corrected chi connectivity index (χ3v) is 5.19. The first-order valence-corrected chi connectivity index (χ1v) is 8.19. The Labute approximate surface area is 104 Å². The molecule has 3 fully saturated rings. The number of piperidine rings is 3. The minimum Gasteiger partial charge on any atom is -0.316 e. The Hall–Kier alpha value is -0.170. The molecule has 1 atom stereocenters. The van der Waals surface area contributed by atoms with E-state index in [2.05, 4.69) is 14.9 Å². The van der Waals surface area contributed by atoms with Gasteiger partial charge >= 0.3 is 0 Å². The molecule has 0 aromatic carbocycles. The lowest BCUT2D eigenvalue weighted by molar-refractivity contribution is 0.0827. The molecule has 0 amide bonds. The van der Waals surface area contributed by atoms with Gasteiger partial charge in [0, 0.05) is 19.1 Å². The van der Waals surface area contributed by atoms with E-state index in [1.165, 1.54) is 0 Å². The van der Waals surface area contributed by atoms with Crippen LogP contribution in [-0.2, 0) is 10.0 Å². The highest BCUT2D eigenvalue weighted by atomic mass is 32.2. The van der Waals surface area contributed by atoms with E-state index < -0.39 is 10.0 Å². The van der Waals surface area contributed by atoms with Crippen molar-refractivity contribution in [1.29, 1.82) is 0 Å². The van der Waals surface area contributed by atoms with Crippen LogP contribution in [0.25, 0.3) is 0 Å². The minimum absolute atomic E-state index is 0.143. The third-order valence-electron chi connectivity index (χ3n) is 3.78. The van der Waals surface area contributed by atoms with Crippen molar-refractivity contribution in [3.8, 4) is 0 Å². The summed E-state index contributed by atoms with van der Waals surface area (Å²) in [7, 11) is -3.12. The first-order chi connectivity index (χ1) is 8.11. The summed E-state index contributed by atoms with van der Waals surface area (Å²) in [4.78, 5) is 2.36. The zero-order valence-corrected chi connectivity index (χ0v) is 11.3. The highest BCUT2D eigenvalue weighted by Crippen LogP contribution is 2.27. The maximum absolute atomic E-state index is 11.9. The van der Waals surface area contributed by atoms with E-state index in [9.17, 15) is 8.42 Å². The van der Waals surface area contributed by atoms with Crippen LogP contribution < -0.4 is 10.0 Å². The van der Waals surface area contributed by atoms with Crippen LogP contribution in [-0.4, -0.2) is 57.8 Å². The number of nitrogens with one attached hydrogen (secondary N) is 2. The summed E-state index contributed by atoms with van der Waals surface area (Å²) in [5.41, 5.74) is 0. The van der Waals surface area contributed by atoms with Gasteiger partial charge in [0.05, 0.1) is 5.75 Å². The molecule has 1 unspecified atom stereocenters. The van der Waals surface area contributed by atoms with Crippen LogP contribution in [0.15, 0.2) is 0 Å². The number of sulfonamides is 1. The summed E-state index contributed by atoms with van der Waals surface area (Å²) in [6, 6.07) is 0.143. The van der Waals surface area contributed by atoms with E-state index in [0.717, 1.165) is 39.0 Å². The Balaban J connectivity index is 1.83. The van der Waals surface area contributed by atoms with Crippen LogP contribution in [0.4, 0.5) is 0 Å². The summed E-state index contributed by atoms with van der Waals surface area (Å²) < 4.78 is 26.6. The highest BCUT2D eigenvalue weighted by Gasteiger charge is 2.35. The molecule has 2 bridgehead atoms. The summed E-state index contributed by atoms with van der Waals surface area (Å²) in [6.07, 6.45) is 2.28. The van der Waals surface area contributed by atoms with Gasteiger partial charge in [-0.3, -0.25) is 0 Å². The zero-order chi connectivity index (χ0) is 12.3. The van der Waals surface area contributed by atoms with Crippen LogP contribution in [0.2, 0.25) is 0 Å². The average molecular weight is 261 g/mol. The molecule has 0 radical (unpaired) electrons. The number of fused-ring (bicyclic) bond motifs is 3. The van der Waals surface area contributed by atoms with Crippen molar-refractivity contribution in [2.24, 2.45) is 5.92 Å². The van der Waals surface area contributed by atoms with Crippen LogP contribution in [0.3, 0.4) is 0 Å². The summed E-state index contributed by atoms with van der Waals surface area (Å²) in [6.45, 7) is 6.50. The molecule has 3 rings (SSSR count). The molecule has 3 aliphatic heterocycles. The molecular weight excluding hydrogens is 238 g/mol. The molecule has 0 saturated carbocycles. The number of rotatable bonds is 6. The van der Waals surface area contributed by atoms with E-state index in [-0.39, 0.29) is 11.8 Å². The number of hydrogen-bond donors (Lipinski definition) is 2. The smallest absolute Gasteiger partial charge is 0.213 e. The quantitative estimate of drug-likeness (QED) is 0.639. The van der Waals surface area contributed by atoms with Gasteiger partial charge in [-0.15, -0.1) is 0 Å². The lowest BCUT2D eigenvalue weighted by Crippen LogP contribution is -2.57. The largest absolute Gasteiger partial charge is 0.316 e. The molecule has 6 heteroatoms. The van der Waals surface area contributed by atoms with Crippen LogP contribution >= 0.6 is 0 Å². The Morgan fingerprint density at radius 2 is 2.00 bits per heavy atom. The Morgan fingerprint density at radius 1 is 1.29 bits per heavy atom. The fourth-order valence-corrected chi connectivity index (χ4v) is 4.03. The van der Waals surface area contributed by atoms with Gasteiger partial charge in [-0.2, -0.15) is 0 Å². The van der Waals surface area contributed by atoms with Crippen molar-refractivity contribution >= 4 is 10.0 Å². The van der Waals surface area contributed by atoms with Crippen LogP contribution in [0, 0.1) is 5.92 Å². The molecule has 0 aliphatic carbocycles. The van der Waals surface area contributed by atoms with Crippen molar-refractivity contribution < 1.29 is 8.42 Å². The van der Waals surface area contributed by atoms with E-state index in [4.69, 9.17) is 0 Å². The topological polar surface area (TPSA) is 61.4 Å². The van der Waals surface area contributed by atoms with Crippen molar-refractivity contribution in [1.82, 2.24) is 14.9 Å². The molecule has 17 heavy (non-hydrogen) atoms. The predicted molar refractivity (Wildman–Crippen MR) is 68.4 cm³/mol. The monoisotopic (exact) mass is 261 g/mol. The van der Waals surface area contributed by atoms with Gasteiger partial charge in [0.25, 0.3) is 0 Å². The van der Waals surface area contributed by atoms with Crippen LogP contribution in [0.1, 0.15) is 19.8 Å². The Kier molecular flexibility index (Phi) is 4.41. The van der Waals surface area contributed by atoms with Crippen molar-refractivity contribution in [2.75, 3.05) is 38.5 Å². The number of hydrogen-bond acceptors (Lipinski definition) is 4. The first-order valence-electron chi connectivity index (χ1n) is 6.54.